The number of para-hydroxylation sites is 1. The molecule has 0 radical (unpaired) electrons. The normalized spacial score (nSPS) is 9.18. The molecule has 1 aromatic carbocycles. The molecule has 2 aromatic rings. The van der Waals surface area contributed by atoms with E-state index in [4.69, 9.17) is 15.8 Å². The maximum atomic E-state index is 11.6. The second kappa shape index (κ2) is 6.08. The third-order valence-electron chi connectivity index (χ3n) is 2.82. The number of allylic oxidation sites excluding steroid dienone is 2. The number of fused-ring (bicyclic) bond motifs is 1. The van der Waals surface area contributed by atoms with Crippen LogP contribution in [0.25, 0.3) is 10.9 Å². The average molecular weight is 292 g/mol. The van der Waals surface area contributed by atoms with E-state index in [0.29, 0.717) is 16.6 Å². The summed E-state index contributed by atoms with van der Waals surface area (Å²) in [5, 5.41) is 36.4. The minimum Gasteiger partial charge on any atom is -0.464 e. The van der Waals surface area contributed by atoms with Crippen LogP contribution >= 0.6 is 0 Å². The van der Waals surface area contributed by atoms with Crippen LogP contribution < -0.4 is 5.32 Å². The van der Waals surface area contributed by atoms with Gasteiger partial charge in [0.05, 0.1) is 12.8 Å². The van der Waals surface area contributed by atoms with Gasteiger partial charge in [-0.2, -0.15) is 20.9 Å². The topological polar surface area (TPSA) is 138 Å². The molecule has 0 aliphatic heterocycles. The van der Waals surface area contributed by atoms with Crippen molar-refractivity contribution in [3.8, 4) is 18.2 Å². The molecule has 2 N–H and O–H groups in total. The molecule has 0 spiro atoms. The molecule has 8 heteroatoms. The van der Waals surface area contributed by atoms with Gasteiger partial charge >= 0.3 is 5.97 Å². The number of rotatable bonds is 3. The largest absolute Gasteiger partial charge is 0.464 e. The quantitative estimate of drug-likeness (QED) is 0.646. The third kappa shape index (κ3) is 2.43. The Labute approximate surface area is 124 Å². The molecule has 1 heterocycles. The molecule has 0 bridgehead atoms. The first-order chi connectivity index (χ1) is 10.7. The van der Waals surface area contributed by atoms with Crippen molar-refractivity contribution in [2.45, 2.75) is 0 Å². The van der Waals surface area contributed by atoms with E-state index in [1.165, 1.54) is 7.11 Å². The van der Waals surface area contributed by atoms with Gasteiger partial charge in [0.2, 0.25) is 0 Å². The zero-order valence-electron chi connectivity index (χ0n) is 11.3. The van der Waals surface area contributed by atoms with Crippen molar-refractivity contribution in [3.05, 3.63) is 35.2 Å². The SMILES string of the molecule is COC(=O)c1[nH]nc2c(NC(C#N)=C(C#N)C#N)cccc12. The molecule has 8 nitrogen and oxygen atoms in total. The van der Waals surface area contributed by atoms with Crippen molar-refractivity contribution >= 4 is 22.6 Å². The van der Waals surface area contributed by atoms with Gasteiger partial charge in [0.25, 0.3) is 0 Å². The monoisotopic (exact) mass is 292 g/mol. The fourth-order valence-electron chi connectivity index (χ4n) is 1.81. The number of H-pyrrole nitrogens is 1. The second-order valence-corrected chi connectivity index (χ2v) is 4.00. The zero-order valence-corrected chi connectivity index (χ0v) is 11.3. The number of benzene rings is 1. The van der Waals surface area contributed by atoms with Crippen LogP contribution in [0.15, 0.2) is 29.5 Å². The number of carbonyl (C=O) groups is 1. The zero-order chi connectivity index (χ0) is 16.1. The van der Waals surface area contributed by atoms with E-state index in [1.807, 2.05) is 0 Å². The number of nitrogens with one attached hydrogen (secondary N) is 2. The molecule has 0 saturated heterocycles. The van der Waals surface area contributed by atoms with Gasteiger partial charge in [-0.15, -0.1) is 0 Å². The van der Waals surface area contributed by atoms with Crippen LogP contribution in [0.2, 0.25) is 0 Å². The van der Waals surface area contributed by atoms with Crippen LogP contribution in [0.4, 0.5) is 5.69 Å². The molecule has 1 aromatic heterocycles. The van der Waals surface area contributed by atoms with E-state index >= 15 is 0 Å². The Balaban J connectivity index is 2.56. The molecule has 0 amide bonds. The van der Waals surface area contributed by atoms with E-state index in [0.717, 1.165) is 0 Å². The summed E-state index contributed by atoms with van der Waals surface area (Å²) in [5.74, 6) is -0.578. The maximum Gasteiger partial charge on any atom is 0.356 e. The van der Waals surface area contributed by atoms with E-state index < -0.39 is 5.97 Å². The minimum absolute atomic E-state index is 0.171. The first-order valence-electron chi connectivity index (χ1n) is 5.93. The van der Waals surface area contributed by atoms with Crippen molar-refractivity contribution < 1.29 is 9.53 Å². The van der Waals surface area contributed by atoms with Crippen molar-refractivity contribution in [1.29, 1.82) is 15.8 Å². The summed E-state index contributed by atoms with van der Waals surface area (Å²) in [4.78, 5) is 11.6. The van der Waals surface area contributed by atoms with Crippen molar-refractivity contribution in [3.63, 3.8) is 0 Å². The molecule has 0 unspecified atom stereocenters. The highest BCUT2D eigenvalue weighted by Gasteiger charge is 2.16. The van der Waals surface area contributed by atoms with Gasteiger partial charge in [0, 0.05) is 5.39 Å². The number of carbonyl (C=O) groups excluding carboxylic acids is 1. The molecule has 2 rings (SSSR count). The molecule has 0 atom stereocenters. The number of aromatic nitrogens is 2. The summed E-state index contributed by atoms with van der Waals surface area (Å²) < 4.78 is 4.64. The van der Waals surface area contributed by atoms with Crippen molar-refractivity contribution in [1.82, 2.24) is 10.2 Å². The number of anilines is 1. The third-order valence-corrected chi connectivity index (χ3v) is 2.82. The summed E-state index contributed by atoms with van der Waals surface area (Å²) in [6, 6.07) is 9.92. The molecule has 22 heavy (non-hydrogen) atoms. The number of ether oxygens (including phenoxy) is 1. The predicted octanol–water partition coefficient (Wildman–Crippen LogP) is 1.59. The number of esters is 1. The van der Waals surface area contributed by atoms with E-state index in [-0.39, 0.29) is 17.0 Å². The number of aromatic amines is 1. The summed E-state index contributed by atoms with van der Waals surface area (Å²) in [5.41, 5.74) is 0.391. The van der Waals surface area contributed by atoms with Crippen molar-refractivity contribution in [2.24, 2.45) is 0 Å². The summed E-state index contributed by atoms with van der Waals surface area (Å²) in [7, 11) is 1.25. The van der Waals surface area contributed by atoms with Crippen LogP contribution in [0.3, 0.4) is 0 Å². The van der Waals surface area contributed by atoms with Crippen LogP contribution in [-0.2, 0) is 4.74 Å². The maximum absolute atomic E-state index is 11.6. The highest BCUT2D eigenvalue weighted by atomic mass is 16.5. The number of nitriles is 3. The summed E-state index contributed by atoms with van der Waals surface area (Å²) >= 11 is 0. The number of methoxy groups -OCH3 is 1. The van der Waals surface area contributed by atoms with Crippen LogP contribution in [0.1, 0.15) is 10.5 Å². The van der Waals surface area contributed by atoms with Gasteiger partial charge in [-0.1, -0.05) is 12.1 Å². The average Bonchev–Trinajstić information content (AvgIpc) is 2.99. The first-order valence-corrected chi connectivity index (χ1v) is 5.93. The Morgan fingerprint density at radius 1 is 1.27 bits per heavy atom. The van der Waals surface area contributed by atoms with Gasteiger partial charge < -0.3 is 10.1 Å². The molecule has 0 saturated carbocycles. The van der Waals surface area contributed by atoms with Gasteiger partial charge in [0.15, 0.2) is 11.3 Å². The fourth-order valence-corrected chi connectivity index (χ4v) is 1.81. The molecule has 106 valence electrons. The molecular weight excluding hydrogens is 284 g/mol. The molecule has 0 aliphatic carbocycles. The summed E-state index contributed by atoms with van der Waals surface area (Å²) in [6.45, 7) is 0. The first kappa shape index (κ1) is 14.6. The smallest absolute Gasteiger partial charge is 0.356 e. The Kier molecular flexibility index (Phi) is 4.03. The Morgan fingerprint density at radius 3 is 2.59 bits per heavy atom. The van der Waals surface area contributed by atoms with E-state index in [2.05, 4.69) is 20.3 Å². The second-order valence-electron chi connectivity index (χ2n) is 4.00. The Hall–Kier alpha value is -3.83. The lowest BCUT2D eigenvalue weighted by Crippen LogP contribution is -2.02. The molecular formula is C14H8N6O2. The van der Waals surface area contributed by atoms with Gasteiger partial charge in [0.1, 0.15) is 29.4 Å². The van der Waals surface area contributed by atoms with Crippen LogP contribution in [0.5, 0.6) is 0 Å². The Bertz CT molecular complexity index is 888. The molecule has 0 fully saturated rings. The molecule has 0 aliphatic rings. The number of hydrogen-bond donors (Lipinski definition) is 2. The van der Waals surface area contributed by atoms with E-state index in [9.17, 15) is 4.79 Å². The summed E-state index contributed by atoms with van der Waals surface area (Å²) in [6.07, 6.45) is 0. The lowest BCUT2D eigenvalue weighted by molar-refractivity contribution is 0.0596. The highest BCUT2D eigenvalue weighted by Crippen LogP contribution is 2.25. The Morgan fingerprint density at radius 2 is 2.00 bits per heavy atom. The van der Waals surface area contributed by atoms with Crippen LogP contribution in [0, 0.1) is 34.0 Å². The van der Waals surface area contributed by atoms with Gasteiger partial charge in [-0.3, -0.25) is 5.10 Å². The lowest BCUT2D eigenvalue weighted by atomic mass is 10.1. The van der Waals surface area contributed by atoms with E-state index in [1.54, 1.807) is 36.4 Å². The standard InChI is InChI=1S/C14H8N6O2/c1-22-14(21)13-9-3-2-4-10(12(9)19-20-13)18-11(7-17)8(5-15)6-16/h2-4,18H,1H3,(H,19,20). The predicted molar refractivity (Wildman–Crippen MR) is 74.9 cm³/mol. The lowest BCUT2D eigenvalue weighted by Gasteiger charge is -2.05. The van der Waals surface area contributed by atoms with Gasteiger partial charge in [-0.25, -0.2) is 4.79 Å². The van der Waals surface area contributed by atoms with Crippen molar-refractivity contribution in [2.75, 3.05) is 12.4 Å². The highest BCUT2D eigenvalue weighted by molar-refractivity contribution is 6.05. The minimum atomic E-state index is -0.578. The number of hydrogen-bond acceptors (Lipinski definition) is 7. The fraction of sp³-hybridized carbons (Fsp3) is 0.0714. The number of nitrogens with zero attached hydrogens (tertiary/aromatic N) is 4. The van der Waals surface area contributed by atoms with Crippen LogP contribution in [-0.4, -0.2) is 23.3 Å². The van der Waals surface area contributed by atoms with Gasteiger partial charge in [-0.05, 0) is 6.07 Å².